The van der Waals surface area contributed by atoms with Crippen molar-refractivity contribution in [3.8, 4) is 0 Å². The van der Waals surface area contributed by atoms with E-state index in [0.29, 0.717) is 0 Å². The molecule has 1 heterocycles. The normalized spacial score (nSPS) is 23.0. The quantitative estimate of drug-likeness (QED) is 0.875. The second-order valence-corrected chi connectivity index (χ2v) is 6.56. The number of carbonyl (C=O) groups is 1. The molecular formula is C19H22N2O. The zero-order valence-electron chi connectivity index (χ0n) is 13.3. The first-order valence-corrected chi connectivity index (χ1v) is 7.64. The van der Waals surface area contributed by atoms with Gasteiger partial charge in [-0.25, -0.2) is 0 Å². The fourth-order valence-electron chi connectivity index (χ4n) is 3.63. The summed E-state index contributed by atoms with van der Waals surface area (Å²) in [6.07, 6.45) is -0.356. The lowest BCUT2D eigenvalue weighted by Gasteiger charge is -2.50. The van der Waals surface area contributed by atoms with Crippen LogP contribution in [-0.4, -0.2) is 12.1 Å². The summed E-state index contributed by atoms with van der Waals surface area (Å²) < 4.78 is 0. The van der Waals surface area contributed by atoms with Crippen molar-refractivity contribution in [1.29, 1.82) is 0 Å². The molecule has 2 unspecified atom stereocenters. The van der Waals surface area contributed by atoms with Crippen LogP contribution in [0.1, 0.15) is 37.8 Å². The molecule has 1 aliphatic rings. The zero-order valence-corrected chi connectivity index (χ0v) is 13.3. The Morgan fingerprint density at radius 3 is 2.27 bits per heavy atom. The summed E-state index contributed by atoms with van der Waals surface area (Å²) in [5.41, 5.74) is 9.57. The highest BCUT2D eigenvalue weighted by Gasteiger charge is 2.46. The average Bonchev–Trinajstić information content (AvgIpc) is 2.49. The van der Waals surface area contributed by atoms with Crippen molar-refractivity contribution in [2.75, 3.05) is 4.90 Å². The van der Waals surface area contributed by atoms with Crippen LogP contribution in [0.5, 0.6) is 0 Å². The molecule has 0 aliphatic carbocycles. The van der Waals surface area contributed by atoms with Crippen LogP contribution in [-0.2, 0) is 4.79 Å². The highest BCUT2D eigenvalue weighted by atomic mass is 16.2. The Morgan fingerprint density at radius 2 is 1.64 bits per heavy atom. The van der Waals surface area contributed by atoms with Gasteiger partial charge in [0.25, 0.3) is 0 Å². The van der Waals surface area contributed by atoms with Crippen LogP contribution in [0.2, 0.25) is 0 Å². The Balaban J connectivity index is 2.25. The molecule has 3 rings (SSSR count). The molecule has 0 fully saturated rings. The van der Waals surface area contributed by atoms with Gasteiger partial charge in [-0.2, -0.15) is 0 Å². The lowest BCUT2D eigenvalue weighted by molar-refractivity contribution is -0.117. The second-order valence-electron chi connectivity index (χ2n) is 6.56. The molecule has 22 heavy (non-hydrogen) atoms. The Labute approximate surface area is 131 Å². The Kier molecular flexibility index (Phi) is 3.53. The van der Waals surface area contributed by atoms with Crippen LogP contribution in [0.3, 0.4) is 0 Å². The van der Waals surface area contributed by atoms with Crippen molar-refractivity contribution in [3.63, 3.8) is 0 Å². The predicted octanol–water partition coefficient (Wildman–Crippen LogP) is 3.50. The van der Waals surface area contributed by atoms with E-state index in [4.69, 9.17) is 5.73 Å². The molecule has 114 valence electrons. The molecule has 0 bridgehead atoms. The monoisotopic (exact) mass is 294 g/mol. The molecule has 3 nitrogen and oxygen atoms in total. The zero-order chi connectivity index (χ0) is 15.9. The van der Waals surface area contributed by atoms with Crippen molar-refractivity contribution >= 4 is 11.6 Å². The summed E-state index contributed by atoms with van der Waals surface area (Å²) in [4.78, 5) is 13.9. The minimum absolute atomic E-state index is 0.0143. The molecule has 0 radical (unpaired) electrons. The number of benzene rings is 2. The van der Waals surface area contributed by atoms with E-state index >= 15 is 0 Å². The third kappa shape index (κ3) is 2.13. The van der Waals surface area contributed by atoms with E-state index in [9.17, 15) is 4.79 Å². The van der Waals surface area contributed by atoms with Gasteiger partial charge in [-0.1, -0.05) is 62.4 Å². The first kappa shape index (κ1) is 14.8. The lowest BCUT2D eigenvalue weighted by Crippen LogP contribution is -2.59. The highest BCUT2D eigenvalue weighted by Crippen LogP contribution is 2.51. The van der Waals surface area contributed by atoms with E-state index in [1.54, 1.807) is 11.8 Å². The van der Waals surface area contributed by atoms with Gasteiger partial charge in [-0.05, 0) is 17.2 Å². The van der Waals surface area contributed by atoms with Crippen LogP contribution in [0.15, 0.2) is 54.6 Å². The average molecular weight is 294 g/mol. The van der Waals surface area contributed by atoms with Crippen molar-refractivity contribution in [2.24, 2.45) is 11.1 Å². The number of anilines is 1. The lowest BCUT2D eigenvalue weighted by atomic mass is 9.66. The Hall–Kier alpha value is -2.13. The first-order valence-electron chi connectivity index (χ1n) is 7.64. The summed E-state index contributed by atoms with van der Waals surface area (Å²) in [7, 11) is 0. The van der Waals surface area contributed by atoms with Gasteiger partial charge in [0, 0.05) is 23.9 Å². The number of nitrogens with zero attached hydrogens (tertiary/aromatic N) is 1. The molecule has 0 saturated heterocycles. The fraction of sp³-hybridized carbons (Fsp3) is 0.316. The van der Waals surface area contributed by atoms with Gasteiger partial charge in [0.2, 0.25) is 5.91 Å². The third-order valence-electron chi connectivity index (χ3n) is 4.76. The van der Waals surface area contributed by atoms with Gasteiger partial charge >= 0.3 is 0 Å². The Bertz CT molecular complexity index is 694. The number of hydrogen-bond donors (Lipinski definition) is 1. The van der Waals surface area contributed by atoms with E-state index < -0.39 is 0 Å². The topological polar surface area (TPSA) is 46.3 Å². The maximum atomic E-state index is 12.1. The fourth-order valence-corrected chi connectivity index (χ4v) is 3.63. The van der Waals surface area contributed by atoms with Gasteiger partial charge < -0.3 is 5.73 Å². The molecule has 2 aromatic carbocycles. The number of amides is 1. The maximum absolute atomic E-state index is 12.1. The minimum atomic E-state index is -0.356. The number of fused-ring (bicyclic) bond motifs is 1. The predicted molar refractivity (Wildman–Crippen MR) is 89.6 cm³/mol. The van der Waals surface area contributed by atoms with E-state index in [2.05, 4.69) is 44.2 Å². The third-order valence-corrected chi connectivity index (χ3v) is 4.76. The summed E-state index contributed by atoms with van der Waals surface area (Å²) in [6.45, 7) is 5.86. The van der Waals surface area contributed by atoms with E-state index in [1.807, 2.05) is 24.3 Å². The minimum Gasteiger partial charge on any atom is -0.310 e. The number of carbonyl (C=O) groups excluding carboxylic acids is 1. The molecule has 2 N–H and O–H groups in total. The molecule has 1 aliphatic heterocycles. The maximum Gasteiger partial charge on any atom is 0.225 e. The van der Waals surface area contributed by atoms with Gasteiger partial charge in [0.1, 0.15) is 0 Å². The smallest absolute Gasteiger partial charge is 0.225 e. The molecular weight excluding hydrogens is 272 g/mol. The van der Waals surface area contributed by atoms with Gasteiger partial charge in [0.05, 0.1) is 6.17 Å². The standard InChI is InChI=1S/C19H22N2O/c1-13(22)21-16-12-8-7-11-15(16)17(19(2,3)18(21)20)14-9-5-4-6-10-14/h4-12,17-18H,20H2,1-3H3. The molecule has 0 saturated carbocycles. The highest BCUT2D eigenvalue weighted by molar-refractivity contribution is 5.94. The van der Waals surface area contributed by atoms with Crippen LogP contribution >= 0.6 is 0 Å². The molecule has 3 heteroatoms. The molecule has 2 aromatic rings. The van der Waals surface area contributed by atoms with Gasteiger partial charge in [-0.3, -0.25) is 9.69 Å². The number of hydrogen-bond acceptors (Lipinski definition) is 2. The van der Waals surface area contributed by atoms with Crippen LogP contribution in [0, 0.1) is 5.41 Å². The van der Waals surface area contributed by atoms with E-state index in [0.717, 1.165) is 11.3 Å². The SMILES string of the molecule is CC(=O)N1c2ccccc2C(c2ccccc2)C(C)(C)C1N. The molecule has 1 amide bonds. The summed E-state index contributed by atoms with van der Waals surface area (Å²) in [6, 6.07) is 18.5. The largest absolute Gasteiger partial charge is 0.310 e. The summed E-state index contributed by atoms with van der Waals surface area (Å²) >= 11 is 0. The first-order chi connectivity index (χ1) is 10.4. The molecule has 0 spiro atoms. The summed E-state index contributed by atoms with van der Waals surface area (Å²) in [5, 5.41) is 0. The van der Waals surface area contributed by atoms with Crippen molar-refractivity contribution < 1.29 is 4.79 Å². The van der Waals surface area contributed by atoms with Crippen LogP contribution in [0.4, 0.5) is 5.69 Å². The number of nitrogens with two attached hydrogens (primary N) is 1. The van der Waals surface area contributed by atoms with E-state index in [1.165, 1.54) is 5.56 Å². The van der Waals surface area contributed by atoms with E-state index in [-0.39, 0.29) is 23.4 Å². The van der Waals surface area contributed by atoms with Crippen LogP contribution < -0.4 is 10.6 Å². The molecule has 0 aromatic heterocycles. The number of para-hydroxylation sites is 1. The summed E-state index contributed by atoms with van der Waals surface area (Å²) in [5.74, 6) is 0.148. The Morgan fingerprint density at radius 1 is 1.05 bits per heavy atom. The molecule has 2 atom stereocenters. The van der Waals surface area contributed by atoms with Crippen molar-refractivity contribution in [3.05, 3.63) is 65.7 Å². The van der Waals surface area contributed by atoms with Gasteiger partial charge in [0.15, 0.2) is 0 Å². The number of rotatable bonds is 1. The van der Waals surface area contributed by atoms with Crippen molar-refractivity contribution in [1.82, 2.24) is 0 Å². The van der Waals surface area contributed by atoms with Gasteiger partial charge in [-0.15, -0.1) is 0 Å². The van der Waals surface area contributed by atoms with Crippen molar-refractivity contribution in [2.45, 2.75) is 32.9 Å². The van der Waals surface area contributed by atoms with Crippen LogP contribution in [0.25, 0.3) is 0 Å². The second kappa shape index (κ2) is 5.25.